The average Bonchev–Trinajstić information content (AvgIpc) is 3.18. The molecule has 0 aromatic heterocycles. The Morgan fingerprint density at radius 1 is 0.853 bits per heavy atom. The van der Waals surface area contributed by atoms with Gasteiger partial charge in [0.25, 0.3) is 0 Å². The van der Waals surface area contributed by atoms with Gasteiger partial charge in [0.1, 0.15) is 0 Å². The minimum atomic E-state index is -0.517. The van der Waals surface area contributed by atoms with E-state index in [2.05, 4.69) is 46.9 Å². The smallest absolute Gasteiger partial charge is 0.309 e. The van der Waals surface area contributed by atoms with Crippen LogP contribution in [0.15, 0.2) is 0 Å². The lowest BCUT2D eigenvalue weighted by Crippen LogP contribution is -2.67. The van der Waals surface area contributed by atoms with Crippen molar-refractivity contribution in [2.45, 2.75) is 118 Å². The van der Waals surface area contributed by atoms with E-state index in [-0.39, 0.29) is 27.8 Å². The van der Waals surface area contributed by atoms with Gasteiger partial charge in [0.2, 0.25) is 0 Å². The van der Waals surface area contributed by atoms with Crippen molar-refractivity contribution >= 4 is 5.97 Å². The third-order valence-corrected chi connectivity index (χ3v) is 14.0. The zero-order valence-electron chi connectivity index (χ0n) is 22.9. The summed E-state index contributed by atoms with van der Waals surface area (Å²) in [7, 11) is 2.05. The maximum Gasteiger partial charge on any atom is 0.309 e. The molecule has 4 heteroatoms. The molecule has 0 aromatic rings. The van der Waals surface area contributed by atoms with Gasteiger partial charge in [-0.15, -0.1) is 0 Å². The number of hydrogen-bond acceptors (Lipinski definition) is 3. The first kappa shape index (κ1) is 25.1. The summed E-state index contributed by atoms with van der Waals surface area (Å²) in [5.74, 6) is 1.99. The van der Waals surface area contributed by atoms with Crippen molar-refractivity contribution in [3.63, 3.8) is 0 Å². The Bertz CT molecular complexity index is 841. The minimum Gasteiger partial charge on any atom is -0.481 e. The van der Waals surface area contributed by atoms with Crippen LogP contribution in [0.3, 0.4) is 0 Å². The van der Waals surface area contributed by atoms with E-state index in [9.17, 15) is 15.0 Å². The van der Waals surface area contributed by atoms with Crippen LogP contribution >= 0.6 is 0 Å². The topological polar surface area (TPSA) is 69.6 Å². The molecule has 0 bridgehead atoms. The Morgan fingerprint density at radius 2 is 1.56 bits per heavy atom. The van der Waals surface area contributed by atoms with Gasteiger partial charge in [-0.05, 0) is 129 Å². The summed E-state index contributed by atoms with van der Waals surface area (Å²) >= 11 is 0. The lowest BCUT2D eigenvalue weighted by molar-refractivity contribution is -0.249. The van der Waals surface area contributed by atoms with Crippen LogP contribution in [0, 0.1) is 56.7 Å². The Morgan fingerprint density at radius 3 is 2.21 bits per heavy atom. The number of carboxylic acid groups (broad SMARTS) is 1. The number of aliphatic hydroxyl groups is 1. The summed E-state index contributed by atoms with van der Waals surface area (Å²) in [6.45, 7) is 14.7. The Labute approximate surface area is 208 Å². The van der Waals surface area contributed by atoms with Gasteiger partial charge >= 0.3 is 5.97 Å². The molecule has 5 aliphatic carbocycles. The van der Waals surface area contributed by atoms with Crippen molar-refractivity contribution in [2.24, 2.45) is 56.7 Å². The first-order valence-electron chi connectivity index (χ1n) is 14.4. The van der Waals surface area contributed by atoms with Gasteiger partial charge in [-0.25, -0.2) is 0 Å². The van der Waals surface area contributed by atoms with Gasteiger partial charge in [-0.1, -0.05) is 34.6 Å². The van der Waals surface area contributed by atoms with Gasteiger partial charge in [0, 0.05) is 6.04 Å². The maximum absolute atomic E-state index is 12.9. The Kier molecular flexibility index (Phi) is 5.67. The number of carbonyl (C=O) groups is 1. The third kappa shape index (κ3) is 2.88. The molecule has 0 radical (unpaired) electrons. The lowest BCUT2D eigenvalue weighted by Gasteiger charge is -2.72. The molecule has 0 aliphatic heterocycles. The number of nitrogens with one attached hydrogen (secondary N) is 1. The molecular weight excluding hydrogens is 422 g/mol. The maximum atomic E-state index is 12.9. The fourth-order valence-electron chi connectivity index (χ4n) is 11.8. The summed E-state index contributed by atoms with van der Waals surface area (Å²) < 4.78 is 0. The second-order valence-electron chi connectivity index (χ2n) is 14.8. The second-order valence-corrected chi connectivity index (χ2v) is 14.8. The van der Waals surface area contributed by atoms with Crippen LogP contribution in [0.2, 0.25) is 0 Å². The van der Waals surface area contributed by atoms with Crippen LogP contribution in [0.5, 0.6) is 0 Å². The number of hydrogen-bond donors (Lipinski definition) is 3. The van der Waals surface area contributed by atoms with E-state index in [0.29, 0.717) is 35.6 Å². The predicted octanol–water partition coefficient (Wildman–Crippen LogP) is 6.12. The fourth-order valence-corrected chi connectivity index (χ4v) is 11.8. The summed E-state index contributed by atoms with van der Waals surface area (Å²) in [5, 5.41) is 25.0. The van der Waals surface area contributed by atoms with Crippen molar-refractivity contribution in [3.05, 3.63) is 0 Å². The number of fused-ring (bicyclic) bond motifs is 7. The molecule has 5 saturated carbocycles. The zero-order valence-corrected chi connectivity index (χ0v) is 22.9. The van der Waals surface area contributed by atoms with E-state index in [4.69, 9.17) is 0 Å². The SMILES string of the molecule is CNC(C)C1CC[C@]2(C(=O)O)CC[C@]3(C)C(CCC4[C@@]5(C)CC[C@H](O)C(C)(C)C5CC[C@]43C)C12. The molecule has 0 spiro atoms. The van der Waals surface area contributed by atoms with Crippen LogP contribution < -0.4 is 5.32 Å². The second kappa shape index (κ2) is 7.70. The summed E-state index contributed by atoms with van der Waals surface area (Å²) in [6.07, 6.45) is 10.6. The number of rotatable bonds is 3. The quantitative estimate of drug-likeness (QED) is 0.462. The van der Waals surface area contributed by atoms with Gasteiger partial charge in [0.15, 0.2) is 0 Å². The monoisotopic (exact) mass is 473 g/mol. The Hall–Kier alpha value is -0.610. The molecule has 5 fully saturated rings. The van der Waals surface area contributed by atoms with Gasteiger partial charge in [-0.3, -0.25) is 4.79 Å². The number of aliphatic carboxylic acids is 1. The normalized spacial score (nSPS) is 54.8. The standard InChI is InChI=1S/C30H51NO3/c1-18(31-7)19-10-15-30(25(33)34)17-16-28(5)20(24(19)30)8-9-22-27(4)13-12-23(32)26(2,3)21(27)11-14-29(22,28)6/h18-24,31-32H,8-17H2,1-7H3,(H,33,34)/t18?,19?,20?,21?,22?,23-,24?,27-,28+,29+,30-/m0/s1. The van der Waals surface area contributed by atoms with Crippen molar-refractivity contribution in [1.29, 1.82) is 0 Å². The molecule has 6 unspecified atom stereocenters. The lowest BCUT2D eigenvalue weighted by atomic mass is 9.32. The molecule has 3 N–H and O–H groups in total. The largest absolute Gasteiger partial charge is 0.481 e. The highest BCUT2D eigenvalue weighted by molar-refractivity contribution is 5.76. The van der Waals surface area contributed by atoms with Crippen LogP contribution in [0.25, 0.3) is 0 Å². The van der Waals surface area contributed by atoms with Crippen molar-refractivity contribution < 1.29 is 15.0 Å². The van der Waals surface area contributed by atoms with Crippen molar-refractivity contribution in [2.75, 3.05) is 7.05 Å². The molecule has 0 amide bonds. The number of aliphatic hydroxyl groups excluding tert-OH is 1. The predicted molar refractivity (Wildman–Crippen MR) is 136 cm³/mol. The molecule has 194 valence electrons. The van der Waals surface area contributed by atoms with Crippen LogP contribution in [0.4, 0.5) is 0 Å². The fraction of sp³-hybridized carbons (Fsp3) is 0.967. The van der Waals surface area contributed by atoms with Gasteiger partial charge < -0.3 is 15.5 Å². The molecule has 0 aromatic carbocycles. The van der Waals surface area contributed by atoms with Gasteiger partial charge in [0.05, 0.1) is 11.5 Å². The summed E-state index contributed by atoms with van der Waals surface area (Å²) in [4.78, 5) is 12.9. The van der Waals surface area contributed by atoms with Crippen LogP contribution in [0.1, 0.15) is 106 Å². The highest BCUT2D eigenvalue weighted by Gasteiger charge is 2.72. The first-order chi connectivity index (χ1) is 15.8. The molecule has 0 heterocycles. The van der Waals surface area contributed by atoms with Crippen LogP contribution in [-0.2, 0) is 4.79 Å². The van der Waals surface area contributed by atoms with E-state index >= 15 is 0 Å². The van der Waals surface area contributed by atoms with E-state index in [0.717, 1.165) is 38.5 Å². The summed E-state index contributed by atoms with van der Waals surface area (Å²) in [5.41, 5.74) is 0.194. The zero-order chi connectivity index (χ0) is 24.9. The third-order valence-electron chi connectivity index (χ3n) is 14.0. The van der Waals surface area contributed by atoms with E-state index in [1.807, 2.05) is 7.05 Å². The first-order valence-corrected chi connectivity index (χ1v) is 14.4. The number of carboxylic acids is 1. The van der Waals surface area contributed by atoms with Crippen LogP contribution in [-0.4, -0.2) is 35.4 Å². The molecule has 11 atom stereocenters. The van der Waals surface area contributed by atoms with E-state index in [1.165, 1.54) is 25.7 Å². The van der Waals surface area contributed by atoms with Gasteiger partial charge in [-0.2, -0.15) is 0 Å². The highest BCUT2D eigenvalue weighted by atomic mass is 16.4. The highest BCUT2D eigenvalue weighted by Crippen LogP contribution is 2.77. The average molecular weight is 474 g/mol. The Balaban J connectivity index is 1.55. The van der Waals surface area contributed by atoms with E-state index < -0.39 is 11.4 Å². The molecule has 0 saturated heterocycles. The van der Waals surface area contributed by atoms with Crippen molar-refractivity contribution in [1.82, 2.24) is 5.32 Å². The molecule has 34 heavy (non-hydrogen) atoms. The van der Waals surface area contributed by atoms with E-state index in [1.54, 1.807) is 0 Å². The molecular formula is C30H51NO3. The molecule has 5 aliphatic rings. The molecule has 5 rings (SSSR count). The summed E-state index contributed by atoms with van der Waals surface area (Å²) in [6, 6.07) is 0.369. The minimum absolute atomic E-state index is 0.0180. The molecule has 4 nitrogen and oxygen atoms in total. The van der Waals surface area contributed by atoms with Crippen molar-refractivity contribution in [3.8, 4) is 0 Å².